The maximum absolute atomic E-state index is 12.5. The zero-order valence-corrected chi connectivity index (χ0v) is 13.6. The molecule has 0 atom stereocenters. The number of carbonyl (C=O) groups is 1. The van der Waals surface area contributed by atoms with Crippen molar-refractivity contribution < 1.29 is 4.79 Å². The van der Waals surface area contributed by atoms with E-state index in [-0.39, 0.29) is 12.0 Å². The fourth-order valence-electron chi connectivity index (χ4n) is 2.46. The minimum absolute atomic E-state index is 0.0662. The Morgan fingerprint density at radius 2 is 1.75 bits per heavy atom. The Kier molecular flexibility index (Phi) is 4.87. The van der Waals surface area contributed by atoms with E-state index < -0.39 is 0 Å². The number of benzene rings is 2. The first-order valence-electron chi connectivity index (χ1n) is 7.52. The van der Waals surface area contributed by atoms with E-state index in [1.165, 1.54) is 4.68 Å². The lowest BCUT2D eigenvalue weighted by molar-refractivity contribution is -0.107. The summed E-state index contributed by atoms with van der Waals surface area (Å²) in [5.74, 6) is 0. The van der Waals surface area contributed by atoms with Crippen molar-refractivity contribution in [1.29, 1.82) is 0 Å². The van der Waals surface area contributed by atoms with Crippen LogP contribution in [0.25, 0.3) is 11.3 Å². The van der Waals surface area contributed by atoms with Crippen molar-refractivity contribution in [2.75, 3.05) is 0 Å². The fourth-order valence-corrected chi connectivity index (χ4v) is 2.58. The first kappa shape index (κ1) is 16.1. The average Bonchev–Trinajstić information content (AvgIpc) is 2.60. The molecule has 0 radical (unpaired) electrons. The lowest BCUT2D eigenvalue weighted by atomic mass is 10.1. The second kappa shape index (κ2) is 7.23. The molecule has 0 unspecified atom stereocenters. The number of aromatic nitrogens is 2. The van der Waals surface area contributed by atoms with Gasteiger partial charge in [0.1, 0.15) is 6.29 Å². The molecule has 1 heterocycles. The molecule has 2 aromatic carbocycles. The molecule has 0 aliphatic carbocycles. The number of halogens is 1. The molecular formula is C19H15ClN2O2. The van der Waals surface area contributed by atoms with Gasteiger partial charge in [0.2, 0.25) is 0 Å². The van der Waals surface area contributed by atoms with Crippen LogP contribution in [-0.4, -0.2) is 16.1 Å². The Labute approximate surface area is 144 Å². The zero-order chi connectivity index (χ0) is 16.9. The van der Waals surface area contributed by atoms with E-state index in [4.69, 9.17) is 11.6 Å². The normalized spacial score (nSPS) is 10.5. The summed E-state index contributed by atoms with van der Waals surface area (Å²) in [6, 6.07) is 18.5. The summed E-state index contributed by atoms with van der Waals surface area (Å²) in [5.41, 5.74) is 2.63. The molecule has 0 amide bonds. The third-order valence-electron chi connectivity index (χ3n) is 3.67. The lowest BCUT2D eigenvalue weighted by Crippen LogP contribution is -2.27. The van der Waals surface area contributed by atoms with Gasteiger partial charge in [0.15, 0.2) is 0 Å². The van der Waals surface area contributed by atoms with E-state index in [1.807, 2.05) is 42.5 Å². The Bertz CT molecular complexity index is 903. The Morgan fingerprint density at radius 3 is 2.42 bits per heavy atom. The smallest absolute Gasteiger partial charge is 0.270 e. The molecule has 5 heteroatoms. The standard InChI is InChI=1S/C19H15ClN2O2/c20-17-8-6-15(7-9-17)18-12-16(10-11-23)19(24)22(21-18)13-14-4-2-1-3-5-14/h1-9,11-12H,10,13H2. The van der Waals surface area contributed by atoms with Gasteiger partial charge in [-0.3, -0.25) is 4.79 Å². The van der Waals surface area contributed by atoms with Crippen LogP contribution in [0.3, 0.4) is 0 Å². The Balaban J connectivity index is 2.08. The quantitative estimate of drug-likeness (QED) is 0.670. The first-order valence-corrected chi connectivity index (χ1v) is 7.89. The predicted molar refractivity (Wildman–Crippen MR) is 94.3 cm³/mol. The molecule has 3 rings (SSSR count). The van der Waals surface area contributed by atoms with Gasteiger partial charge < -0.3 is 4.79 Å². The minimum Gasteiger partial charge on any atom is -0.303 e. The maximum atomic E-state index is 12.5. The lowest BCUT2D eigenvalue weighted by Gasteiger charge is -2.10. The van der Waals surface area contributed by atoms with Crippen LogP contribution in [0.4, 0.5) is 0 Å². The van der Waals surface area contributed by atoms with Gasteiger partial charge in [-0.05, 0) is 23.8 Å². The summed E-state index contributed by atoms with van der Waals surface area (Å²) >= 11 is 5.92. The average molecular weight is 339 g/mol. The van der Waals surface area contributed by atoms with Crippen LogP contribution < -0.4 is 5.56 Å². The van der Waals surface area contributed by atoms with Crippen molar-refractivity contribution in [3.63, 3.8) is 0 Å². The van der Waals surface area contributed by atoms with Crippen molar-refractivity contribution in [2.45, 2.75) is 13.0 Å². The van der Waals surface area contributed by atoms with E-state index in [9.17, 15) is 9.59 Å². The highest BCUT2D eigenvalue weighted by molar-refractivity contribution is 6.30. The van der Waals surface area contributed by atoms with Gasteiger partial charge in [0.05, 0.1) is 12.2 Å². The molecule has 0 aliphatic rings. The van der Waals surface area contributed by atoms with E-state index in [0.717, 1.165) is 17.4 Å². The molecular weight excluding hydrogens is 324 g/mol. The highest BCUT2D eigenvalue weighted by Gasteiger charge is 2.10. The number of aldehydes is 1. The molecule has 0 saturated carbocycles. The number of hydrogen-bond acceptors (Lipinski definition) is 3. The largest absolute Gasteiger partial charge is 0.303 e. The summed E-state index contributed by atoms with van der Waals surface area (Å²) in [5, 5.41) is 5.08. The van der Waals surface area contributed by atoms with Gasteiger partial charge >= 0.3 is 0 Å². The van der Waals surface area contributed by atoms with Crippen LogP contribution in [0, 0.1) is 0 Å². The SMILES string of the molecule is O=CCc1cc(-c2ccc(Cl)cc2)nn(Cc2ccccc2)c1=O. The van der Waals surface area contributed by atoms with Crippen molar-refractivity contribution in [1.82, 2.24) is 9.78 Å². The van der Waals surface area contributed by atoms with E-state index in [2.05, 4.69) is 5.10 Å². The van der Waals surface area contributed by atoms with Crippen molar-refractivity contribution in [3.05, 3.63) is 87.2 Å². The molecule has 4 nitrogen and oxygen atoms in total. The van der Waals surface area contributed by atoms with Crippen LogP contribution in [-0.2, 0) is 17.8 Å². The summed E-state index contributed by atoms with van der Waals surface area (Å²) in [7, 11) is 0. The second-order valence-corrected chi connectivity index (χ2v) is 5.82. The van der Waals surface area contributed by atoms with Gasteiger partial charge in [0.25, 0.3) is 5.56 Å². The summed E-state index contributed by atoms with van der Waals surface area (Å²) in [6.45, 7) is 0.354. The molecule has 1 aromatic heterocycles. The Morgan fingerprint density at radius 1 is 1.04 bits per heavy atom. The Hall–Kier alpha value is -2.72. The first-order chi connectivity index (χ1) is 11.7. The van der Waals surface area contributed by atoms with E-state index in [0.29, 0.717) is 22.8 Å². The zero-order valence-electron chi connectivity index (χ0n) is 12.9. The highest BCUT2D eigenvalue weighted by atomic mass is 35.5. The van der Waals surface area contributed by atoms with Crippen molar-refractivity contribution >= 4 is 17.9 Å². The number of hydrogen-bond donors (Lipinski definition) is 0. The van der Waals surface area contributed by atoms with Crippen LogP contribution in [0.15, 0.2) is 65.5 Å². The van der Waals surface area contributed by atoms with E-state index >= 15 is 0 Å². The van der Waals surface area contributed by atoms with Crippen molar-refractivity contribution in [2.24, 2.45) is 0 Å². The molecule has 0 N–H and O–H groups in total. The van der Waals surface area contributed by atoms with Gasteiger partial charge in [-0.15, -0.1) is 0 Å². The minimum atomic E-state index is -0.247. The fraction of sp³-hybridized carbons (Fsp3) is 0.105. The van der Waals surface area contributed by atoms with Crippen LogP contribution in [0.5, 0.6) is 0 Å². The number of rotatable bonds is 5. The molecule has 3 aromatic rings. The maximum Gasteiger partial charge on any atom is 0.270 e. The molecule has 0 aliphatic heterocycles. The monoisotopic (exact) mass is 338 g/mol. The molecule has 0 bridgehead atoms. The molecule has 0 fully saturated rings. The van der Waals surface area contributed by atoms with E-state index in [1.54, 1.807) is 18.2 Å². The third-order valence-corrected chi connectivity index (χ3v) is 3.92. The topological polar surface area (TPSA) is 52.0 Å². The van der Waals surface area contributed by atoms with Crippen LogP contribution in [0.2, 0.25) is 5.02 Å². The van der Waals surface area contributed by atoms with Gasteiger partial charge in [-0.1, -0.05) is 54.1 Å². The number of carbonyl (C=O) groups excluding carboxylic acids is 1. The second-order valence-electron chi connectivity index (χ2n) is 5.38. The summed E-state index contributed by atoms with van der Waals surface area (Å²) in [6.07, 6.45) is 0.798. The molecule has 120 valence electrons. The van der Waals surface area contributed by atoms with Crippen LogP contribution >= 0.6 is 11.6 Å². The highest BCUT2D eigenvalue weighted by Crippen LogP contribution is 2.19. The van der Waals surface area contributed by atoms with Crippen LogP contribution in [0.1, 0.15) is 11.1 Å². The third kappa shape index (κ3) is 3.60. The summed E-state index contributed by atoms with van der Waals surface area (Å²) in [4.78, 5) is 23.4. The molecule has 24 heavy (non-hydrogen) atoms. The predicted octanol–water partition coefficient (Wildman–Crippen LogP) is 3.35. The number of nitrogens with zero attached hydrogens (tertiary/aromatic N) is 2. The van der Waals surface area contributed by atoms with Gasteiger partial charge in [0, 0.05) is 22.6 Å². The summed E-state index contributed by atoms with van der Waals surface area (Å²) < 4.78 is 1.40. The van der Waals surface area contributed by atoms with Gasteiger partial charge in [-0.2, -0.15) is 5.10 Å². The van der Waals surface area contributed by atoms with Crippen molar-refractivity contribution in [3.8, 4) is 11.3 Å². The molecule has 0 saturated heterocycles. The molecule has 0 spiro atoms. The van der Waals surface area contributed by atoms with Gasteiger partial charge in [-0.25, -0.2) is 4.68 Å².